The van der Waals surface area contributed by atoms with Crippen molar-refractivity contribution in [2.75, 3.05) is 19.8 Å². The summed E-state index contributed by atoms with van der Waals surface area (Å²) in [6.07, 6.45) is 0.636. The number of hydrogen-bond acceptors (Lipinski definition) is 3. The maximum absolute atomic E-state index is 12.9. The molecule has 0 atom stereocenters. The van der Waals surface area contributed by atoms with E-state index in [1.54, 1.807) is 6.07 Å². The van der Waals surface area contributed by atoms with Gasteiger partial charge in [-0.15, -0.1) is 0 Å². The number of halogens is 1. The maximum atomic E-state index is 12.9. The SMILES string of the molecule is CCOC(CCNCc1cccc(F)c1)OCC. The van der Waals surface area contributed by atoms with Gasteiger partial charge in [0.05, 0.1) is 0 Å². The predicted octanol–water partition coefficient (Wildman–Crippen LogP) is 2.70. The van der Waals surface area contributed by atoms with E-state index in [4.69, 9.17) is 9.47 Å². The Morgan fingerprint density at radius 2 is 1.94 bits per heavy atom. The zero-order valence-electron chi connectivity index (χ0n) is 11.1. The molecule has 18 heavy (non-hydrogen) atoms. The van der Waals surface area contributed by atoms with Crippen LogP contribution in [-0.4, -0.2) is 26.0 Å². The van der Waals surface area contributed by atoms with Gasteiger partial charge in [-0.2, -0.15) is 0 Å². The average Bonchev–Trinajstić information content (AvgIpc) is 2.35. The summed E-state index contributed by atoms with van der Waals surface area (Å²) in [5, 5.41) is 3.25. The summed E-state index contributed by atoms with van der Waals surface area (Å²) in [6, 6.07) is 6.60. The van der Waals surface area contributed by atoms with Crippen molar-refractivity contribution >= 4 is 0 Å². The molecule has 4 heteroatoms. The second kappa shape index (κ2) is 9.03. The smallest absolute Gasteiger partial charge is 0.158 e. The fourth-order valence-corrected chi connectivity index (χ4v) is 1.69. The van der Waals surface area contributed by atoms with Crippen molar-refractivity contribution in [3.8, 4) is 0 Å². The van der Waals surface area contributed by atoms with Gasteiger partial charge >= 0.3 is 0 Å². The van der Waals surface area contributed by atoms with Gasteiger partial charge in [0.2, 0.25) is 0 Å². The molecule has 1 rings (SSSR count). The molecule has 0 radical (unpaired) electrons. The fraction of sp³-hybridized carbons (Fsp3) is 0.571. The van der Waals surface area contributed by atoms with Crippen LogP contribution < -0.4 is 5.32 Å². The number of ether oxygens (including phenoxy) is 2. The Bertz CT molecular complexity index is 327. The van der Waals surface area contributed by atoms with Crippen LogP contribution in [0, 0.1) is 5.82 Å². The lowest BCUT2D eigenvalue weighted by Gasteiger charge is -2.17. The summed E-state index contributed by atoms with van der Waals surface area (Å²) in [6.45, 7) is 6.63. The Labute approximate surface area is 108 Å². The molecular weight excluding hydrogens is 233 g/mol. The first-order chi connectivity index (χ1) is 8.76. The standard InChI is InChI=1S/C14H22FNO2/c1-3-17-14(18-4-2)8-9-16-11-12-6-5-7-13(15)10-12/h5-7,10,14,16H,3-4,8-9,11H2,1-2H3. The predicted molar refractivity (Wildman–Crippen MR) is 69.8 cm³/mol. The summed E-state index contributed by atoms with van der Waals surface area (Å²) >= 11 is 0. The van der Waals surface area contributed by atoms with E-state index in [9.17, 15) is 4.39 Å². The van der Waals surface area contributed by atoms with E-state index in [0.717, 1.165) is 18.5 Å². The van der Waals surface area contributed by atoms with Gasteiger partial charge < -0.3 is 14.8 Å². The highest BCUT2D eigenvalue weighted by Gasteiger charge is 2.06. The first-order valence-electron chi connectivity index (χ1n) is 6.44. The van der Waals surface area contributed by atoms with Gasteiger partial charge in [0, 0.05) is 32.7 Å². The van der Waals surface area contributed by atoms with Crippen LogP contribution in [-0.2, 0) is 16.0 Å². The lowest BCUT2D eigenvalue weighted by atomic mass is 10.2. The molecule has 0 aliphatic heterocycles. The third kappa shape index (κ3) is 6.10. The van der Waals surface area contributed by atoms with Gasteiger partial charge in [-0.25, -0.2) is 4.39 Å². The molecule has 0 bridgehead atoms. The Balaban J connectivity index is 2.20. The number of nitrogens with one attached hydrogen (secondary N) is 1. The van der Waals surface area contributed by atoms with E-state index in [2.05, 4.69) is 5.32 Å². The minimum atomic E-state index is -0.198. The fourth-order valence-electron chi connectivity index (χ4n) is 1.69. The average molecular weight is 255 g/mol. The molecule has 1 aromatic carbocycles. The van der Waals surface area contributed by atoms with Gasteiger partial charge in [0.15, 0.2) is 6.29 Å². The lowest BCUT2D eigenvalue weighted by molar-refractivity contribution is -0.138. The molecule has 0 heterocycles. The molecule has 1 aromatic rings. The monoisotopic (exact) mass is 255 g/mol. The molecule has 0 saturated heterocycles. The zero-order valence-corrected chi connectivity index (χ0v) is 11.1. The van der Waals surface area contributed by atoms with Crippen LogP contribution in [0.15, 0.2) is 24.3 Å². The number of benzene rings is 1. The lowest BCUT2D eigenvalue weighted by Crippen LogP contribution is -2.24. The van der Waals surface area contributed by atoms with Crippen LogP contribution in [0.5, 0.6) is 0 Å². The first kappa shape index (κ1) is 15.1. The van der Waals surface area contributed by atoms with Crippen molar-refractivity contribution in [1.29, 1.82) is 0 Å². The molecule has 0 unspecified atom stereocenters. The van der Waals surface area contributed by atoms with Crippen LogP contribution in [0.3, 0.4) is 0 Å². The molecular formula is C14H22FNO2. The van der Waals surface area contributed by atoms with Crippen molar-refractivity contribution in [3.05, 3.63) is 35.6 Å². The molecule has 0 spiro atoms. The van der Waals surface area contributed by atoms with Gasteiger partial charge in [0.25, 0.3) is 0 Å². The molecule has 0 saturated carbocycles. The Hall–Kier alpha value is -0.970. The van der Waals surface area contributed by atoms with Crippen molar-refractivity contribution in [1.82, 2.24) is 5.32 Å². The highest BCUT2D eigenvalue weighted by atomic mass is 19.1. The van der Waals surface area contributed by atoms with E-state index in [1.807, 2.05) is 19.9 Å². The third-order valence-electron chi connectivity index (χ3n) is 2.48. The molecule has 0 amide bonds. The van der Waals surface area contributed by atoms with Crippen LogP contribution in [0.2, 0.25) is 0 Å². The van der Waals surface area contributed by atoms with Crippen LogP contribution >= 0.6 is 0 Å². The largest absolute Gasteiger partial charge is 0.353 e. The summed E-state index contributed by atoms with van der Waals surface area (Å²) in [7, 11) is 0. The molecule has 102 valence electrons. The van der Waals surface area contributed by atoms with Crippen molar-refractivity contribution in [2.45, 2.75) is 33.1 Å². The van der Waals surface area contributed by atoms with Gasteiger partial charge in [-0.3, -0.25) is 0 Å². The van der Waals surface area contributed by atoms with E-state index >= 15 is 0 Å². The summed E-state index contributed by atoms with van der Waals surface area (Å²) in [4.78, 5) is 0. The van der Waals surface area contributed by atoms with Crippen LogP contribution in [0.25, 0.3) is 0 Å². The normalized spacial score (nSPS) is 11.1. The van der Waals surface area contributed by atoms with E-state index < -0.39 is 0 Å². The molecule has 1 N–H and O–H groups in total. The van der Waals surface area contributed by atoms with Crippen LogP contribution in [0.1, 0.15) is 25.8 Å². The summed E-state index contributed by atoms with van der Waals surface area (Å²) in [5.41, 5.74) is 0.944. The Morgan fingerprint density at radius 3 is 2.56 bits per heavy atom. The van der Waals surface area contributed by atoms with Gasteiger partial charge in [-0.1, -0.05) is 12.1 Å². The quantitative estimate of drug-likeness (QED) is 0.543. The van der Waals surface area contributed by atoms with Crippen molar-refractivity contribution < 1.29 is 13.9 Å². The highest BCUT2D eigenvalue weighted by Crippen LogP contribution is 2.04. The molecule has 3 nitrogen and oxygen atoms in total. The second-order valence-electron chi connectivity index (χ2n) is 3.94. The zero-order chi connectivity index (χ0) is 13.2. The molecule has 0 aromatic heterocycles. The highest BCUT2D eigenvalue weighted by molar-refractivity contribution is 5.15. The van der Waals surface area contributed by atoms with Crippen molar-refractivity contribution in [3.63, 3.8) is 0 Å². The molecule has 0 fully saturated rings. The first-order valence-corrected chi connectivity index (χ1v) is 6.44. The topological polar surface area (TPSA) is 30.5 Å². The van der Waals surface area contributed by atoms with Gasteiger partial charge in [-0.05, 0) is 31.5 Å². The van der Waals surface area contributed by atoms with E-state index in [0.29, 0.717) is 19.8 Å². The van der Waals surface area contributed by atoms with Crippen molar-refractivity contribution in [2.24, 2.45) is 0 Å². The van der Waals surface area contributed by atoms with Gasteiger partial charge in [0.1, 0.15) is 5.82 Å². The number of hydrogen-bond donors (Lipinski definition) is 1. The van der Waals surface area contributed by atoms with E-state index in [-0.39, 0.29) is 12.1 Å². The summed E-state index contributed by atoms with van der Waals surface area (Å²) in [5.74, 6) is -0.198. The third-order valence-corrected chi connectivity index (χ3v) is 2.48. The minimum Gasteiger partial charge on any atom is -0.353 e. The Kier molecular flexibility index (Phi) is 7.57. The molecule has 0 aliphatic rings. The summed E-state index contributed by atoms with van der Waals surface area (Å²) < 4.78 is 23.8. The second-order valence-corrected chi connectivity index (χ2v) is 3.94. The van der Waals surface area contributed by atoms with E-state index in [1.165, 1.54) is 12.1 Å². The minimum absolute atomic E-state index is 0.153. The van der Waals surface area contributed by atoms with Crippen LogP contribution in [0.4, 0.5) is 4.39 Å². The number of rotatable bonds is 9. The molecule has 0 aliphatic carbocycles. The Morgan fingerprint density at radius 1 is 1.22 bits per heavy atom. The maximum Gasteiger partial charge on any atom is 0.158 e.